The van der Waals surface area contributed by atoms with E-state index >= 15 is 0 Å². The van der Waals surface area contributed by atoms with E-state index in [1.165, 1.54) is 4.90 Å². The number of benzene rings is 1. The molecule has 4 nitrogen and oxygen atoms in total. The van der Waals surface area contributed by atoms with Gasteiger partial charge in [0.15, 0.2) is 0 Å². The third-order valence-electron chi connectivity index (χ3n) is 5.33. The lowest BCUT2D eigenvalue weighted by atomic mass is 9.73. The molecule has 0 bridgehead atoms. The van der Waals surface area contributed by atoms with Gasteiger partial charge in [0.25, 0.3) is 5.91 Å². The number of hydrogen-bond acceptors (Lipinski definition) is 2. The highest BCUT2D eigenvalue weighted by molar-refractivity contribution is 6.07. The summed E-state index contributed by atoms with van der Waals surface area (Å²) in [6.45, 7) is 6.50. The average molecular weight is 300 g/mol. The normalized spacial score (nSPS) is 28.3. The Morgan fingerprint density at radius 2 is 2.05 bits per heavy atom. The predicted molar refractivity (Wildman–Crippen MR) is 85.4 cm³/mol. The molecular formula is C18H24N2O2. The minimum Gasteiger partial charge on any atom is -0.323 e. The molecule has 0 unspecified atom stereocenters. The van der Waals surface area contributed by atoms with Gasteiger partial charge in [-0.2, -0.15) is 0 Å². The number of amides is 3. The molecule has 1 aromatic rings. The number of aryl methyl sites for hydroxylation is 2. The second kappa shape index (κ2) is 5.41. The summed E-state index contributed by atoms with van der Waals surface area (Å²) < 4.78 is 0. The van der Waals surface area contributed by atoms with Gasteiger partial charge < -0.3 is 5.32 Å². The molecule has 1 aliphatic heterocycles. The number of imide groups is 1. The van der Waals surface area contributed by atoms with Crippen molar-refractivity contribution in [2.45, 2.75) is 58.5 Å². The highest BCUT2D eigenvalue weighted by Gasteiger charge is 2.54. The van der Waals surface area contributed by atoms with Crippen LogP contribution < -0.4 is 5.32 Å². The highest BCUT2D eigenvalue weighted by Crippen LogP contribution is 2.38. The molecule has 3 rings (SSSR count). The average Bonchev–Trinajstić information content (AvgIpc) is 2.71. The van der Waals surface area contributed by atoms with Crippen molar-refractivity contribution in [3.8, 4) is 0 Å². The van der Waals surface area contributed by atoms with Crippen molar-refractivity contribution < 1.29 is 9.59 Å². The monoisotopic (exact) mass is 300 g/mol. The summed E-state index contributed by atoms with van der Waals surface area (Å²) >= 11 is 0. The molecule has 1 aliphatic carbocycles. The molecule has 2 atom stereocenters. The fourth-order valence-corrected chi connectivity index (χ4v) is 3.78. The molecule has 4 heteroatoms. The maximum absolute atomic E-state index is 12.9. The molecule has 1 saturated carbocycles. The van der Waals surface area contributed by atoms with Gasteiger partial charge in [-0.05, 0) is 43.7 Å². The van der Waals surface area contributed by atoms with Crippen LogP contribution in [-0.4, -0.2) is 22.4 Å². The van der Waals surface area contributed by atoms with Crippen LogP contribution in [0.25, 0.3) is 0 Å². The fourth-order valence-electron chi connectivity index (χ4n) is 3.78. The van der Waals surface area contributed by atoms with Crippen LogP contribution in [0, 0.1) is 19.8 Å². The van der Waals surface area contributed by atoms with Crippen LogP contribution >= 0.6 is 0 Å². The Kier molecular flexibility index (Phi) is 3.71. The summed E-state index contributed by atoms with van der Waals surface area (Å²) in [6.07, 6.45) is 3.92. The first-order valence-electron chi connectivity index (χ1n) is 8.14. The number of carbonyl (C=O) groups excluding carboxylic acids is 2. The van der Waals surface area contributed by atoms with Gasteiger partial charge in [0.2, 0.25) is 0 Å². The summed E-state index contributed by atoms with van der Waals surface area (Å²) in [7, 11) is 0. The Hall–Kier alpha value is -1.84. The summed E-state index contributed by atoms with van der Waals surface area (Å²) in [4.78, 5) is 26.8. The number of nitrogens with one attached hydrogen (secondary N) is 1. The van der Waals surface area contributed by atoms with E-state index in [-0.39, 0.29) is 17.9 Å². The van der Waals surface area contributed by atoms with Crippen molar-refractivity contribution in [2.75, 3.05) is 0 Å². The lowest BCUT2D eigenvalue weighted by Gasteiger charge is -2.36. The summed E-state index contributed by atoms with van der Waals surface area (Å²) in [5.41, 5.74) is 2.65. The Labute approximate surface area is 131 Å². The van der Waals surface area contributed by atoms with E-state index in [1.807, 2.05) is 19.9 Å². The second-order valence-electron chi connectivity index (χ2n) is 6.87. The number of urea groups is 1. The zero-order chi connectivity index (χ0) is 15.9. The molecule has 1 aromatic carbocycles. The van der Waals surface area contributed by atoms with Crippen LogP contribution in [0.4, 0.5) is 4.79 Å². The van der Waals surface area contributed by atoms with Crippen molar-refractivity contribution in [3.63, 3.8) is 0 Å². The molecule has 2 aliphatic rings. The standard InChI is InChI=1S/C18H24N2O2/c1-12-7-8-13(2)15(10-12)11-20-16(21)18(19-17(20)22)9-5-4-6-14(18)3/h7-8,10,14H,4-6,9,11H2,1-3H3,(H,19,22)/t14-,18-/m1/s1. The summed E-state index contributed by atoms with van der Waals surface area (Å²) in [5.74, 6) is 0.173. The zero-order valence-corrected chi connectivity index (χ0v) is 13.6. The first kappa shape index (κ1) is 15.1. The number of nitrogens with zero attached hydrogens (tertiary/aromatic N) is 1. The first-order valence-corrected chi connectivity index (χ1v) is 8.14. The molecular weight excluding hydrogens is 276 g/mol. The summed E-state index contributed by atoms with van der Waals surface area (Å²) in [6, 6.07) is 5.92. The minimum absolute atomic E-state index is 0.0365. The Bertz CT molecular complexity index is 626. The van der Waals surface area contributed by atoms with Crippen molar-refractivity contribution in [2.24, 2.45) is 5.92 Å². The third kappa shape index (κ3) is 2.31. The Morgan fingerprint density at radius 3 is 2.77 bits per heavy atom. The van der Waals surface area contributed by atoms with E-state index < -0.39 is 5.54 Å². The van der Waals surface area contributed by atoms with Crippen molar-refractivity contribution in [3.05, 3.63) is 34.9 Å². The molecule has 1 heterocycles. The highest BCUT2D eigenvalue weighted by atomic mass is 16.2. The van der Waals surface area contributed by atoms with Crippen LogP contribution in [-0.2, 0) is 11.3 Å². The largest absolute Gasteiger partial charge is 0.325 e. The molecule has 1 N–H and O–H groups in total. The van der Waals surface area contributed by atoms with E-state index in [0.29, 0.717) is 6.54 Å². The van der Waals surface area contributed by atoms with Gasteiger partial charge in [-0.15, -0.1) is 0 Å². The van der Waals surface area contributed by atoms with E-state index in [2.05, 4.69) is 24.4 Å². The lowest BCUT2D eigenvalue weighted by molar-refractivity contribution is -0.134. The molecule has 22 heavy (non-hydrogen) atoms. The van der Waals surface area contributed by atoms with E-state index in [4.69, 9.17) is 0 Å². The van der Waals surface area contributed by atoms with Crippen molar-refractivity contribution in [1.29, 1.82) is 0 Å². The number of rotatable bonds is 2. The summed E-state index contributed by atoms with van der Waals surface area (Å²) in [5, 5.41) is 3.01. The molecule has 3 amide bonds. The van der Waals surface area contributed by atoms with Crippen LogP contribution in [0.3, 0.4) is 0 Å². The van der Waals surface area contributed by atoms with Crippen LogP contribution in [0.5, 0.6) is 0 Å². The molecule has 0 radical (unpaired) electrons. The maximum atomic E-state index is 12.9. The SMILES string of the molecule is Cc1ccc(C)c(CN2C(=O)N[C@@]3(CCCC[C@H]3C)C2=O)c1. The van der Waals surface area contributed by atoms with Gasteiger partial charge in [-0.1, -0.05) is 43.5 Å². The fraction of sp³-hybridized carbons (Fsp3) is 0.556. The first-order chi connectivity index (χ1) is 10.4. The smallest absolute Gasteiger partial charge is 0.323 e. The number of hydrogen-bond donors (Lipinski definition) is 1. The van der Waals surface area contributed by atoms with Gasteiger partial charge in [-0.25, -0.2) is 4.79 Å². The Morgan fingerprint density at radius 1 is 1.27 bits per heavy atom. The lowest BCUT2D eigenvalue weighted by Crippen LogP contribution is -2.53. The van der Waals surface area contributed by atoms with Gasteiger partial charge in [0.1, 0.15) is 5.54 Å². The topological polar surface area (TPSA) is 49.4 Å². The van der Waals surface area contributed by atoms with Gasteiger partial charge in [-0.3, -0.25) is 9.69 Å². The van der Waals surface area contributed by atoms with E-state index in [0.717, 1.165) is 42.4 Å². The maximum Gasteiger partial charge on any atom is 0.325 e. The van der Waals surface area contributed by atoms with Crippen LogP contribution in [0.1, 0.15) is 49.3 Å². The molecule has 1 spiro atoms. The zero-order valence-electron chi connectivity index (χ0n) is 13.6. The molecule has 118 valence electrons. The van der Waals surface area contributed by atoms with Crippen molar-refractivity contribution >= 4 is 11.9 Å². The van der Waals surface area contributed by atoms with E-state index in [1.54, 1.807) is 0 Å². The van der Waals surface area contributed by atoms with Gasteiger partial charge in [0, 0.05) is 0 Å². The van der Waals surface area contributed by atoms with Crippen LogP contribution in [0.2, 0.25) is 0 Å². The second-order valence-corrected chi connectivity index (χ2v) is 6.87. The number of carbonyl (C=O) groups is 2. The minimum atomic E-state index is -0.660. The Balaban J connectivity index is 1.87. The molecule has 1 saturated heterocycles. The molecule has 0 aromatic heterocycles. The third-order valence-corrected chi connectivity index (χ3v) is 5.33. The van der Waals surface area contributed by atoms with Gasteiger partial charge in [0.05, 0.1) is 6.54 Å². The quantitative estimate of drug-likeness (QED) is 0.852. The van der Waals surface area contributed by atoms with Crippen molar-refractivity contribution in [1.82, 2.24) is 10.2 Å². The van der Waals surface area contributed by atoms with Crippen LogP contribution in [0.15, 0.2) is 18.2 Å². The molecule has 2 fully saturated rings. The van der Waals surface area contributed by atoms with E-state index in [9.17, 15) is 9.59 Å². The predicted octanol–water partition coefficient (Wildman–Crippen LogP) is 3.30. The van der Waals surface area contributed by atoms with Gasteiger partial charge >= 0.3 is 6.03 Å².